The number of nitrogens with one attached hydrogen (secondary N) is 1. The largest absolute Gasteiger partial charge is 0.372 e. The van der Waals surface area contributed by atoms with Crippen LogP contribution in [0.15, 0.2) is 115 Å². The third kappa shape index (κ3) is 6.71. The number of nitrogens with zero attached hydrogens (tertiary/aromatic N) is 4. The van der Waals surface area contributed by atoms with E-state index in [9.17, 15) is 4.79 Å². The number of benzene rings is 5. The summed E-state index contributed by atoms with van der Waals surface area (Å²) in [5, 5.41) is 17.2. The summed E-state index contributed by atoms with van der Waals surface area (Å²) >= 11 is 0. The molecule has 1 fully saturated rings. The van der Waals surface area contributed by atoms with Crippen LogP contribution in [0.4, 0.5) is 5.69 Å². The van der Waals surface area contributed by atoms with E-state index in [0.717, 1.165) is 48.4 Å². The molecule has 6 aromatic rings. The zero-order valence-electron chi connectivity index (χ0n) is 26.2. The molecule has 0 spiro atoms. The number of piperidine rings is 1. The van der Waals surface area contributed by atoms with Gasteiger partial charge in [0.1, 0.15) is 0 Å². The first-order valence-corrected chi connectivity index (χ1v) is 16.1. The maximum Gasteiger partial charge on any atom is 0.224 e. The summed E-state index contributed by atoms with van der Waals surface area (Å²) in [6.45, 7) is 5.15. The Kier molecular flexibility index (Phi) is 8.85. The lowest BCUT2D eigenvalue weighted by Gasteiger charge is -2.32. The highest BCUT2D eigenvalue weighted by atomic mass is 16.5. The Morgan fingerprint density at radius 1 is 0.848 bits per heavy atom. The number of anilines is 1. The minimum absolute atomic E-state index is 0.0181. The molecule has 7 heteroatoms. The van der Waals surface area contributed by atoms with Gasteiger partial charge in [-0.05, 0) is 81.9 Å². The third-order valence-corrected chi connectivity index (χ3v) is 9.10. The molecular formula is C39H39N5O2. The van der Waals surface area contributed by atoms with Crippen LogP contribution in [0.1, 0.15) is 41.6 Å². The fourth-order valence-electron chi connectivity index (χ4n) is 6.62. The highest BCUT2D eigenvalue weighted by Gasteiger charge is 2.30. The van der Waals surface area contributed by atoms with Crippen molar-refractivity contribution in [2.24, 2.45) is 0 Å². The summed E-state index contributed by atoms with van der Waals surface area (Å²) < 4.78 is 8.57. The van der Waals surface area contributed by atoms with Crippen molar-refractivity contribution >= 4 is 33.1 Å². The lowest BCUT2D eigenvalue weighted by Crippen LogP contribution is -2.41. The average Bonchev–Trinajstić information content (AvgIpc) is 3.57. The van der Waals surface area contributed by atoms with Gasteiger partial charge in [-0.1, -0.05) is 90.1 Å². The highest BCUT2D eigenvalue weighted by Crippen LogP contribution is 2.29. The zero-order chi connectivity index (χ0) is 31.3. The predicted molar refractivity (Wildman–Crippen MR) is 184 cm³/mol. The van der Waals surface area contributed by atoms with Crippen LogP contribution in [0.2, 0.25) is 0 Å². The normalized spacial score (nSPS) is 16.5. The summed E-state index contributed by atoms with van der Waals surface area (Å²) in [6.07, 6.45) is 3.67. The molecule has 0 unspecified atom stereocenters. The number of hydrogen-bond acceptors (Lipinski definition) is 5. The third-order valence-electron chi connectivity index (χ3n) is 9.10. The molecule has 1 aliphatic heterocycles. The average molecular weight is 610 g/mol. The minimum atomic E-state index is 0.0181. The van der Waals surface area contributed by atoms with Crippen LogP contribution in [-0.4, -0.2) is 40.1 Å². The van der Waals surface area contributed by atoms with E-state index in [1.54, 1.807) is 6.92 Å². The first-order valence-electron chi connectivity index (χ1n) is 16.1. The molecule has 46 heavy (non-hydrogen) atoms. The summed E-state index contributed by atoms with van der Waals surface area (Å²) in [4.78, 5) is 14.7. The number of aryl methyl sites for hydroxylation is 2. The van der Waals surface area contributed by atoms with Crippen LogP contribution < -0.4 is 10.2 Å². The Morgan fingerprint density at radius 3 is 2.33 bits per heavy atom. The molecule has 1 aliphatic rings. The molecule has 1 aromatic heterocycles. The van der Waals surface area contributed by atoms with Gasteiger partial charge in [0.05, 0.1) is 31.1 Å². The Bertz CT molecular complexity index is 1970. The number of fused-ring (bicyclic) bond motifs is 2. The number of amides is 1. The van der Waals surface area contributed by atoms with Gasteiger partial charge in [0, 0.05) is 31.6 Å². The van der Waals surface area contributed by atoms with Crippen molar-refractivity contribution in [1.29, 1.82) is 0 Å². The van der Waals surface area contributed by atoms with Crippen molar-refractivity contribution < 1.29 is 9.53 Å². The van der Waals surface area contributed by atoms with Gasteiger partial charge in [0.2, 0.25) is 5.91 Å². The number of rotatable bonds is 10. The number of carbonyl (C=O) groups is 1. The molecular weight excluding hydrogens is 570 g/mol. The standard InChI is InChI=1S/C39H39N5O2/c1-28(45)43(26-30-13-15-32-8-2-4-10-34(32)21-30)36-12-6-7-29(23-36)18-20-44-38(24-41-42-44)37-17-19-40-25-39(37)46-27-31-14-16-33-9-3-5-11-35(33)22-31/h2-16,21-24,37,39-40H,17-20,25-27H2,1H3/t37-,39+/m1/s1. The van der Waals surface area contributed by atoms with E-state index in [4.69, 9.17) is 4.74 Å². The van der Waals surface area contributed by atoms with Crippen LogP contribution in [0.3, 0.4) is 0 Å². The number of carbonyl (C=O) groups excluding carboxylic acids is 1. The molecule has 0 bridgehead atoms. The first-order chi connectivity index (χ1) is 22.6. The van der Waals surface area contributed by atoms with Crippen molar-refractivity contribution in [2.45, 2.75) is 51.5 Å². The molecule has 2 atom stereocenters. The predicted octanol–water partition coefficient (Wildman–Crippen LogP) is 7.04. The molecule has 1 amide bonds. The topological polar surface area (TPSA) is 72.3 Å². The molecule has 1 N–H and O–H groups in total. The van der Waals surface area contributed by atoms with E-state index in [-0.39, 0.29) is 17.9 Å². The Hall–Kier alpha value is -4.85. The van der Waals surface area contributed by atoms with E-state index in [1.807, 2.05) is 40.0 Å². The SMILES string of the molecule is CC(=O)N(Cc1ccc2ccccc2c1)c1cccc(CCn2nncc2[C@H]2CCNC[C@@H]2OCc2ccc3ccccc3c2)c1. The van der Waals surface area contributed by atoms with Gasteiger partial charge in [0.15, 0.2) is 0 Å². The van der Waals surface area contributed by atoms with E-state index in [0.29, 0.717) is 19.7 Å². The minimum Gasteiger partial charge on any atom is -0.372 e. The Balaban J connectivity index is 1.03. The summed E-state index contributed by atoms with van der Waals surface area (Å²) in [5.41, 5.74) is 5.44. The smallest absolute Gasteiger partial charge is 0.224 e. The fourth-order valence-corrected chi connectivity index (χ4v) is 6.62. The van der Waals surface area contributed by atoms with Gasteiger partial charge in [-0.2, -0.15) is 0 Å². The summed E-state index contributed by atoms with van der Waals surface area (Å²) in [7, 11) is 0. The van der Waals surface area contributed by atoms with E-state index in [1.165, 1.54) is 27.1 Å². The molecule has 7 nitrogen and oxygen atoms in total. The van der Waals surface area contributed by atoms with Crippen LogP contribution in [0.5, 0.6) is 0 Å². The van der Waals surface area contributed by atoms with Crippen LogP contribution in [0.25, 0.3) is 21.5 Å². The van der Waals surface area contributed by atoms with E-state index >= 15 is 0 Å². The number of hydrogen-bond donors (Lipinski definition) is 1. The molecule has 7 rings (SSSR count). The Morgan fingerprint density at radius 2 is 1.57 bits per heavy atom. The highest BCUT2D eigenvalue weighted by molar-refractivity contribution is 5.92. The molecule has 0 aliphatic carbocycles. The van der Waals surface area contributed by atoms with E-state index in [2.05, 4.69) is 101 Å². The lowest BCUT2D eigenvalue weighted by atomic mass is 9.91. The van der Waals surface area contributed by atoms with E-state index < -0.39 is 0 Å². The molecule has 5 aromatic carbocycles. The second-order valence-electron chi connectivity index (χ2n) is 12.2. The Labute approximate surface area is 269 Å². The van der Waals surface area contributed by atoms with Crippen molar-refractivity contribution in [1.82, 2.24) is 20.3 Å². The van der Waals surface area contributed by atoms with Crippen molar-refractivity contribution in [3.63, 3.8) is 0 Å². The van der Waals surface area contributed by atoms with Crippen LogP contribution >= 0.6 is 0 Å². The van der Waals surface area contributed by atoms with Gasteiger partial charge in [-0.25, -0.2) is 4.68 Å². The second-order valence-corrected chi connectivity index (χ2v) is 12.2. The second kappa shape index (κ2) is 13.6. The van der Waals surface area contributed by atoms with Crippen molar-refractivity contribution in [2.75, 3.05) is 18.0 Å². The molecule has 2 heterocycles. The molecule has 0 radical (unpaired) electrons. The van der Waals surface area contributed by atoms with Gasteiger partial charge in [-0.3, -0.25) is 4.79 Å². The van der Waals surface area contributed by atoms with Gasteiger partial charge in [-0.15, -0.1) is 5.10 Å². The van der Waals surface area contributed by atoms with Gasteiger partial charge in [0.25, 0.3) is 0 Å². The molecule has 232 valence electrons. The quantitative estimate of drug-likeness (QED) is 0.180. The summed E-state index contributed by atoms with van der Waals surface area (Å²) in [6, 6.07) is 38.0. The maximum atomic E-state index is 12.8. The zero-order valence-corrected chi connectivity index (χ0v) is 26.2. The van der Waals surface area contributed by atoms with Crippen LogP contribution in [-0.2, 0) is 35.6 Å². The monoisotopic (exact) mass is 609 g/mol. The number of ether oxygens (including phenoxy) is 1. The lowest BCUT2D eigenvalue weighted by molar-refractivity contribution is -0.116. The van der Waals surface area contributed by atoms with Crippen molar-refractivity contribution in [3.8, 4) is 0 Å². The van der Waals surface area contributed by atoms with Gasteiger partial charge < -0.3 is 15.0 Å². The summed E-state index contributed by atoms with van der Waals surface area (Å²) in [5.74, 6) is 0.225. The molecule has 1 saturated heterocycles. The number of aromatic nitrogens is 3. The van der Waals surface area contributed by atoms with Crippen LogP contribution in [0, 0.1) is 0 Å². The fraction of sp³-hybridized carbons (Fsp3) is 0.256. The van der Waals surface area contributed by atoms with Crippen molar-refractivity contribution in [3.05, 3.63) is 138 Å². The maximum absolute atomic E-state index is 12.8. The first kappa shape index (κ1) is 29.8. The van der Waals surface area contributed by atoms with Gasteiger partial charge >= 0.3 is 0 Å². The molecule has 0 saturated carbocycles.